The number of carbonyl (C=O) groups is 3. The molecule has 1 heterocycles. The van der Waals surface area contributed by atoms with Crippen LogP contribution in [-0.4, -0.2) is 60.1 Å². The molecule has 1 aliphatic heterocycles. The summed E-state index contributed by atoms with van der Waals surface area (Å²) in [6.07, 6.45) is -0.555. The predicted octanol–water partition coefficient (Wildman–Crippen LogP) is 0.0474. The molecule has 124 valence electrons. The molecular weight excluding hydrogens is 300 g/mol. The number of amides is 2. The summed E-state index contributed by atoms with van der Waals surface area (Å²) >= 11 is 0. The van der Waals surface area contributed by atoms with Gasteiger partial charge in [-0.25, -0.2) is 4.79 Å². The maximum Gasteiger partial charge on any atom is 0.334 e. The van der Waals surface area contributed by atoms with Crippen LogP contribution < -0.4 is 5.32 Å². The average Bonchev–Trinajstić information content (AvgIpc) is 2.55. The van der Waals surface area contributed by atoms with Crippen molar-refractivity contribution < 1.29 is 24.2 Å². The third-order valence-corrected chi connectivity index (χ3v) is 3.56. The Morgan fingerprint density at radius 3 is 2.70 bits per heavy atom. The van der Waals surface area contributed by atoms with Crippen molar-refractivity contribution in [1.29, 1.82) is 0 Å². The fourth-order valence-corrected chi connectivity index (χ4v) is 2.34. The van der Waals surface area contributed by atoms with Crippen LogP contribution in [0.2, 0.25) is 0 Å². The normalized spacial score (nSPS) is 17.6. The molecule has 23 heavy (non-hydrogen) atoms. The number of morpholine rings is 1. The van der Waals surface area contributed by atoms with Crippen LogP contribution >= 0.6 is 0 Å². The lowest BCUT2D eigenvalue weighted by molar-refractivity contribution is -0.159. The minimum absolute atomic E-state index is 0.0477. The van der Waals surface area contributed by atoms with E-state index in [1.807, 2.05) is 30.3 Å². The Hall–Kier alpha value is -2.41. The number of rotatable bonds is 6. The van der Waals surface area contributed by atoms with E-state index in [0.717, 1.165) is 5.56 Å². The first-order chi connectivity index (χ1) is 11.1. The lowest BCUT2D eigenvalue weighted by Crippen LogP contribution is -2.49. The zero-order valence-electron chi connectivity index (χ0n) is 12.7. The van der Waals surface area contributed by atoms with Crippen molar-refractivity contribution in [3.8, 4) is 0 Å². The van der Waals surface area contributed by atoms with Crippen molar-refractivity contribution in [3.63, 3.8) is 0 Å². The second-order valence-corrected chi connectivity index (χ2v) is 5.30. The Labute approximate surface area is 134 Å². The van der Waals surface area contributed by atoms with Crippen molar-refractivity contribution in [3.05, 3.63) is 35.9 Å². The smallest absolute Gasteiger partial charge is 0.334 e. The number of carboxylic acid groups (broad SMARTS) is 1. The number of hydrogen-bond donors (Lipinski definition) is 2. The summed E-state index contributed by atoms with van der Waals surface area (Å²) in [6.45, 7) is 0.870. The Kier molecular flexibility index (Phi) is 6.10. The number of carbonyl (C=O) groups excluding carboxylic acids is 2. The number of carboxylic acids is 1. The van der Waals surface area contributed by atoms with Gasteiger partial charge in [0.05, 0.1) is 19.6 Å². The van der Waals surface area contributed by atoms with E-state index in [-0.39, 0.29) is 44.4 Å². The summed E-state index contributed by atoms with van der Waals surface area (Å²) in [4.78, 5) is 36.2. The van der Waals surface area contributed by atoms with E-state index in [1.54, 1.807) is 0 Å². The van der Waals surface area contributed by atoms with Crippen LogP contribution in [0.1, 0.15) is 12.0 Å². The highest BCUT2D eigenvalue weighted by Crippen LogP contribution is 2.07. The largest absolute Gasteiger partial charge is 0.479 e. The topological polar surface area (TPSA) is 95.9 Å². The third kappa shape index (κ3) is 5.37. The Balaban J connectivity index is 1.70. The van der Waals surface area contributed by atoms with Crippen molar-refractivity contribution in [1.82, 2.24) is 10.2 Å². The quantitative estimate of drug-likeness (QED) is 0.772. The lowest BCUT2D eigenvalue weighted by Gasteiger charge is -2.30. The molecule has 7 heteroatoms. The summed E-state index contributed by atoms with van der Waals surface area (Å²) in [5.41, 5.74) is 0.911. The molecule has 0 saturated carbocycles. The molecule has 2 amide bonds. The Morgan fingerprint density at radius 1 is 1.26 bits per heavy atom. The predicted molar refractivity (Wildman–Crippen MR) is 81.7 cm³/mol. The highest BCUT2D eigenvalue weighted by Gasteiger charge is 2.28. The highest BCUT2D eigenvalue weighted by atomic mass is 16.5. The van der Waals surface area contributed by atoms with Crippen LogP contribution in [-0.2, 0) is 25.5 Å². The van der Waals surface area contributed by atoms with Crippen molar-refractivity contribution in [2.75, 3.05) is 26.2 Å². The number of benzene rings is 1. The Morgan fingerprint density at radius 2 is 2.00 bits per heavy atom. The second-order valence-electron chi connectivity index (χ2n) is 5.30. The van der Waals surface area contributed by atoms with Gasteiger partial charge >= 0.3 is 5.97 Å². The Bertz CT molecular complexity index is 561. The van der Waals surface area contributed by atoms with Gasteiger partial charge in [-0.15, -0.1) is 0 Å². The highest BCUT2D eigenvalue weighted by molar-refractivity contribution is 5.81. The first kappa shape index (κ1) is 17.0. The molecule has 0 aliphatic carbocycles. The summed E-state index contributed by atoms with van der Waals surface area (Å²) in [7, 11) is 0. The standard InChI is InChI=1S/C16H20N2O5/c19-14(10-12-4-2-1-3-5-12)17-7-6-15(20)18-8-9-23-13(11-18)16(21)22/h1-5,13H,6-11H2,(H,17,19)(H,21,22). The molecule has 1 saturated heterocycles. The van der Waals surface area contributed by atoms with E-state index in [9.17, 15) is 14.4 Å². The molecule has 1 aromatic carbocycles. The maximum atomic E-state index is 12.0. The first-order valence-electron chi connectivity index (χ1n) is 7.49. The van der Waals surface area contributed by atoms with Gasteiger partial charge in [-0.2, -0.15) is 0 Å². The molecule has 1 atom stereocenters. The average molecular weight is 320 g/mol. The van der Waals surface area contributed by atoms with Crippen LogP contribution in [0.4, 0.5) is 0 Å². The molecule has 7 nitrogen and oxygen atoms in total. The van der Waals surface area contributed by atoms with Crippen LogP contribution in [0, 0.1) is 0 Å². The summed E-state index contributed by atoms with van der Waals surface area (Å²) in [5.74, 6) is -1.40. The van der Waals surface area contributed by atoms with E-state index in [4.69, 9.17) is 9.84 Å². The van der Waals surface area contributed by atoms with E-state index in [0.29, 0.717) is 6.54 Å². The molecule has 0 radical (unpaired) electrons. The van der Waals surface area contributed by atoms with Gasteiger partial charge in [0, 0.05) is 19.5 Å². The van der Waals surface area contributed by atoms with Gasteiger partial charge in [0.25, 0.3) is 0 Å². The molecule has 1 aromatic rings. The lowest BCUT2D eigenvalue weighted by atomic mass is 10.1. The second kappa shape index (κ2) is 8.28. The molecule has 1 aliphatic rings. The van der Waals surface area contributed by atoms with E-state index < -0.39 is 12.1 Å². The molecule has 1 fully saturated rings. The van der Waals surface area contributed by atoms with Gasteiger partial charge in [0.15, 0.2) is 6.10 Å². The van der Waals surface area contributed by atoms with E-state index >= 15 is 0 Å². The van der Waals surface area contributed by atoms with E-state index in [1.165, 1.54) is 4.90 Å². The zero-order chi connectivity index (χ0) is 16.7. The fraction of sp³-hybridized carbons (Fsp3) is 0.438. The van der Waals surface area contributed by atoms with Gasteiger partial charge in [-0.1, -0.05) is 30.3 Å². The fourth-order valence-electron chi connectivity index (χ4n) is 2.34. The number of nitrogens with one attached hydrogen (secondary N) is 1. The van der Waals surface area contributed by atoms with Crippen molar-refractivity contribution in [2.45, 2.75) is 18.9 Å². The molecule has 2 N–H and O–H groups in total. The van der Waals surface area contributed by atoms with Crippen LogP contribution in [0.25, 0.3) is 0 Å². The zero-order valence-corrected chi connectivity index (χ0v) is 12.7. The van der Waals surface area contributed by atoms with Gasteiger partial charge in [0.2, 0.25) is 11.8 Å². The number of nitrogens with zero attached hydrogens (tertiary/aromatic N) is 1. The van der Waals surface area contributed by atoms with E-state index in [2.05, 4.69) is 5.32 Å². The van der Waals surface area contributed by atoms with Crippen molar-refractivity contribution in [2.24, 2.45) is 0 Å². The van der Waals surface area contributed by atoms with Crippen LogP contribution in [0.15, 0.2) is 30.3 Å². The van der Waals surface area contributed by atoms with Crippen LogP contribution in [0.3, 0.4) is 0 Å². The molecule has 0 bridgehead atoms. The SMILES string of the molecule is O=C(Cc1ccccc1)NCCC(=O)N1CCOC(C(=O)O)C1. The van der Waals surface area contributed by atoms with Crippen LogP contribution in [0.5, 0.6) is 0 Å². The van der Waals surface area contributed by atoms with Gasteiger partial charge in [-0.05, 0) is 5.56 Å². The molecule has 1 unspecified atom stereocenters. The van der Waals surface area contributed by atoms with Crippen molar-refractivity contribution >= 4 is 17.8 Å². The molecular formula is C16H20N2O5. The van der Waals surface area contributed by atoms with Gasteiger partial charge in [0.1, 0.15) is 0 Å². The minimum Gasteiger partial charge on any atom is -0.479 e. The monoisotopic (exact) mass is 320 g/mol. The molecule has 2 rings (SSSR count). The van der Waals surface area contributed by atoms with Gasteiger partial charge in [-0.3, -0.25) is 9.59 Å². The third-order valence-electron chi connectivity index (χ3n) is 3.56. The minimum atomic E-state index is -1.07. The summed E-state index contributed by atoms with van der Waals surface area (Å²) in [6, 6.07) is 9.34. The molecule has 0 spiro atoms. The number of aliphatic carboxylic acids is 1. The number of hydrogen-bond acceptors (Lipinski definition) is 4. The maximum absolute atomic E-state index is 12.0. The first-order valence-corrected chi connectivity index (χ1v) is 7.49. The molecule has 0 aromatic heterocycles. The van der Waals surface area contributed by atoms with Gasteiger partial charge < -0.3 is 20.1 Å². The number of ether oxygens (including phenoxy) is 1. The summed E-state index contributed by atoms with van der Waals surface area (Å²) in [5, 5.41) is 11.6. The summed E-state index contributed by atoms with van der Waals surface area (Å²) < 4.78 is 5.07.